The topological polar surface area (TPSA) is 62.4 Å². The van der Waals surface area contributed by atoms with E-state index in [4.69, 9.17) is 51.8 Å². The number of carbonyl (C=O) groups excluding carboxylic acids is 1. The highest BCUT2D eigenvalue weighted by molar-refractivity contribution is 7.80. The molecule has 0 aromatic heterocycles. The van der Waals surface area contributed by atoms with Crippen molar-refractivity contribution in [3.8, 4) is 5.75 Å². The van der Waals surface area contributed by atoms with E-state index in [0.717, 1.165) is 0 Å². The normalized spacial score (nSPS) is 12.5. The van der Waals surface area contributed by atoms with Gasteiger partial charge in [-0.15, -0.1) is 0 Å². The summed E-state index contributed by atoms with van der Waals surface area (Å²) in [7, 11) is 1.55. The molecule has 3 N–H and O–H groups in total. The van der Waals surface area contributed by atoms with E-state index in [1.165, 1.54) is 0 Å². The van der Waals surface area contributed by atoms with Gasteiger partial charge in [-0.25, -0.2) is 0 Å². The van der Waals surface area contributed by atoms with Crippen molar-refractivity contribution >= 4 is 63.7 Å². The standard InChI is InChI=1S/C14H18Cl3N3O2S/c1-8(2)11(21)19-12(14(15,16)17)20-13(23)18-9-6-4-5-7-10(9)22-3/h4-8,12H,1-3H3,(H,19,21)(H2,18,20,23)/t12-/m0/s1. The highest BCUT2D eigenvalue weighted by atomic mass is 35.6. The Hall–Kier alpha value is -0.950. The molecule has 9 heteroatoms. The van der Waals surface area contributed by atoms with Gasteiger partial charge in [0, 0.05) is 5.92 Å². The second-order valence-corrected chi connectivity index (χ2v) is 7.71. The number of anilines is 1. The molecule has 0 aliphatic heterocycles. The fourth-order valence-corrected chi connectivity index (χ4v) is 2.10. The van der Waals surface area contributed by atoms with Gasteiger partial charge in [0.25, 0.3) is 0 Å². The van der Waals surface area contributed by atoms with Crippen molar-refractivity contribution in [1.82, 2.24) is 10.6 Å². The number of carbonyl (C=O) groups is 1. The summed E-state index contributed by atoms with van der Waals surface area (Å²) in [5, 5.41) is 8.49. The summed E-state index contributed by atoms with van der Waals surface area (Å²) >= 11 is 22.9. The zero-order valence-corrected chi connectivity index (χ0v) is 15.9. The molecule has 0 bridgehead atoms. The first-order valence-corrected chi connectivity index (χ1v) is 8.27. The smallest absolute Gasteiger partial charge is 0.228 e. The molecule has 0 saturated heterocycles. The Kier molecular flexibility index (Phi) is 7.67. The molecule has 1 atom stereocenters. The summed E-state index contributed by atoms with van der Waals surface area (Å²) < 4.78 is 3.44. The van der Waals surface area contributed by atoms with Crippen LogP contribution in [0.4, 0.5) is 5.69 Å². The fraction of sp³-hybridized carbons (Fsp3) is 0.429. The van der Waals surface area contributed by atoms with Crippen molar-refractivity contribution in [2.75, 3.05) is 12.4 Å². The first kappa shape index (κ1) is 20.1. The van der Waals surface area contributed by atoms with Crippen molar-refractivity contribution in [3.63, 3.8) is 0 Å². The third kappa shape index (κ3) is 6.59. The van der Waals surface area contributed by atoms with E-state index in [9.17, 15) is 4.79 Å². The Bertz CT molecular complexity index is 564. The molecule has 1 aromatic carbocycles. The lowest BCUT2D eigenvalue weighted by Gasteiger charge is -2.28. The van der Waals surface area contributed by atoms with Crippen LogP contribution in [0.25, 0.3) is 0 Å². The molecule has 128 valence electrons. The molecular formula is C14H18Cl3N3O2S. The van der Waals surface area contributed by atoms with Gasteiger partial charge in [0.15, 0.2) is 5.11 Å². The highest BCUT2D eigenvalue weighted by Gasteiger charge is 2.35. The van der Waals surface area contributed by atoms with Crippen LogP contribution in [0.5, 0.6) is 5.75 Å². The number of hydrogen-bond donors (Lipinski definition) is 3. The number of rotatable bonds is 5. The molecule has 0 aliphatic rings. The number of benzene rings is 1. The lowest BCUT2D eigenvalue weighted by molar-refractivity contribution is -0.124. The van der Waals surface area contributed by atoms with Crippen LogP contribution in [0.3, 0.4) is 0 Å². The van der Waals surface area contributed by atoms with Crippen LogP contribution in [0.2, 0.25) is 0 Å². The number of alkyl halides is 3. The zero-order valence-electron chi connectivity index (χ0n) is 12.8. The van der Waals surface area contributed by atoms with Gasteiger partial charge in [0.05, 0.1) is 12.8 Å². The van der Waals surface area contributed by atoms with Gasteiger partial charge < -0.3 is 20.7 Å². The van der Waals surface area contributed by atoms with Gasteiger partial charge in [-0.2, -0.15) is 0 Å². The third-order valence-electron chi connectivity index (χ3n) is 2.77. The van der Waals surface area contributed by atoms with E-state index in [-0.39, 0.29) is 16.9 Å². The molecule has 1 rings (SSSR count). The maximum absolute atomic E-state index is 11.8. The average molecular weight is 399 g/mol. The second kappa shape index (κ2) is 8.78. The minimum Gasteiger partial charge on any atom is -0.495 e. The summed E-state index contributed by atoms with van der Waals surface area (Å²) in [4.78, 5) is 11.8. The monoisotopic (exact) mass is 397 g/mol. The molecule has 0 radical (unpaired) electrons. The van der Waals surface area contributed by atoms with E-state index in [0.29, 0.717) is 11.4 Å². The molecule has 0 spiro atoms. The van der Waals surface area contributed by atoms with Gasteiger partial charge in [-0.3, -0.25) is 4.79 Å². The largest absolute Gasteiger partial charge is 0.495 e. The van der Waals surface area contributed by atoms with Crippen molar-refractivity contribution in [2.45, 2.75) is 23.8 Å². The predicted octanol–water partition coefficient (Wildman–Crippen LogP) is 3.45. The van der Waals surface area contributed by atoms with Gasteiger partial charge in [0.1, 0.15) is 11.9 Å². The number of nitrogens with one attached hydrogen (secondary N) is 3. The summed E-state index contributed by atoms with van der Waals surface area (Å²) in [6, 6.07) is 7.20. The first-order chi connectivity index (χ1) is 10.6. The fourth-order valence-electron chi connectivity index (χ4n) is 1.55. The summed E-state index contributed by atoms with van der Waals surface area (Å²) in [6.45, 7) is 3.46. The number of hydrogen-bond acceptors (Lipinski definition) is 3. The third-order valence-corrected chi connectivity index (χ3v) is 3.64. The summed E-state index contributed by atoms with van der Waals surface area (Å²) in [6.07, 6.45) is -0.989. The van der Waals surface area contributed by atoms with Crippen LogP contribution in [-0.2, 0) is 4.79 Å². The number of amides is 1. The second-order valence-electron chi connectivity index (χ2n) is 4.94. The molecule has 0 unspecified atom stereocenters. The van der Waals surface area contributed by atoms with Gasteiger partial charge in [-0.1, -0.05) is 60.8 Å². The quantitative estimate of drug-likeness (QED) is 0.403. The molecule has 1 amide bonds. The van der Waals surface area contributed by atoms with Crippen molar-refractivity contribution in [2.24, 2.45) is 5.92 Å². The van der Waals surface area contributed by atoms with Crippen LogP contribution >= 0.6 is 47.0 Å². The van der Waals surface area contributed by atoms with E-state index >= 15 is 0 Å². The molecular weight excluding hydrogens is 381 g/mol. The SMILES string of the molecule is COc1ccccc1NC(=S)N[C@H](NC(=O)C(C)C)C(Cl)(Cl)Cl. The minimum absolute atomic E-state index is 0.176. The van der Waals surface area contributed by atoms with Crippen molar-refractivity contribution in [1.29, 1.82) is 0 Å². The lowest BCUT2D eigenvalue weighted by atomic mass is 10.2. The van der Waals surface area contributed by atoms with Crippen LogP contribution in [0, 0.1) is 5.92 Å². The van der Waals surface area contributed by atoms with E-state index < -0.39 is 9.96 Å². The Balaban J connectivity index is 2.79. The number of halogens is 3. The average Bonchev–Trinajstić information content (AvgIpc) is 2.45. The lowest BCUT2D eigenvalue weighted by Crippen LogP contribution is -2.56. The van der Waals surface area contributed by atoms with Crippen molar-refractivity contribution < 1.29 is 9.53 Å². The zero-order chi connectivity index (χ0) is 17.6. The predicted molar refractivity (Wildman–Crippen MR) is 99.4 cm³/mol. The number of thiocarbonyl (C=S) groups is 1. The van der Waals surface area contributed by atoms with Crippen molar-refractivity contribution in [3.05, 3.63) is 24.3 Å². The molecule has 5 nitrogen and oxygen atoms in total. The number of para-hydroxylation sites is 2. The number of ether oxygens (including phenoxy) is 1. The Morgan fingerprint density at radius 1 is 1.22 bits per heavy atom. The van der Waals surface area contributed by atoms with Gasteiger partial charge >= 0.3 is 0 Å². The van der Waals surface area contributed by atoms with Gasteiger partial charge in [0.2, 0.25) is 9.70 Å². The molecule has 0 aliphatic carbocycles. The Morgan fingerprint density at radius 2 is 1.83 bits per heavy atom. The minimum atomic E-state index is -1.78. The maximum Gasteiger partial charge on any atom is 0.228 e. The van der Waals surface area contributed by atoms with Crippen LogP contribution < -0.4 is 20.7 Å². The summed E-state index contributed by atoms with van der Waals surface area (Å²) in [5.41, 5.74) is 0.644. The molecule has 0 saturated carbocycles. The van der Waals surface area contributed by atoms with E-state index in [2.05, 4.69) is 16.0 Å². The highest BCUT2D eigenvalue weighted by Crippen LogP contribution is 2.29. The molecule has 0 fully saturated rings. The van der Waals surface area contributed by atoms with Crippen LogP contribution in [0.1, 0.15) is 13.8 Å². The van der Waals surface area contributed by atoms with E-state index in [1.54, 1.807) is 33.1 Å². The van der Waals surface area contributed by atoms with Crippen LogP contribution in [-0.4, -0.2) is 28.1 Å². The maximum atomic E-state index is 11.8. The van der Waals surface area contributed by atoms with Crippen LogP contribution in [0.15, 0.2) is 24.3 Å². The van der Waals surface area contributed by atoms with Gasteiger partial charge in [-0.05, 0) is 24.4 Å². The molecule has 0 heterocycles. The first-order valence-electron chi connectivity index (χ1n) is 6.72. The van der Waals surface area contributed by atoms with E-state index in [1.807, 2.05) is 12.1 Å². The number of methoxy groups -OCH3 is 1. The molecule has 23 heavy (non-hydrogen) atoms. The Labute approximate surface area is 156 Å². The summed E-state index contributed by atoms with van der Waals surface area (Å²) in [5.74, 6) is 0.0737. The molecule has 1 aromatic rings. The Morgan fingerprint density at radius 3 is 2.35 bits per heavy atom.